The summed E-state index contributed by atoms with van der Waals surface area (Å²) in [6.45, 7) is 6.93. The van der Waals surface area contributed by atoms with Gasteiger partial charge in [0, 0.05) is 48.4 Å². The van der Waals surface area contributed by atoms with Crippen LogP contribution < -0.4 is 4.90 Å². The zero-order valence-corrected chi connectivity index (χ0v) is 18.8. The Kier molecular flexibility index (Phi) is 4.86. The van der Waals surface area contributed by atoms with Crippen molar-refractivity contribution in [2.75, 3.05) is 31.1 Å². The van der Waals surface area contributed by atoms with Gasteiger partial charge in [0.05, 0.1) is 20.0 Å². The van der Waals surface area contributed by atoms with Crippen LogP contribution in [-0.4, -0.2) is 46.9 Å². The highest BCUT2D eigenvalue weighted by Gasteiger charge is 2.25. The summed E-state index contributed by atoms with van der Waals surface area (Å²) < 4.78 is 2.07. The molecule has 2 aromatic heterocycles. The Balaban J connectivity index is 1.31. The number of thiophene rings is 1. The maximum Gasteiger partial charge on any atom is 0.270 e. The Morgan fingerprint density at radius 3 is 2.52 bits per heavy atom. The topological polar surface area (TPSA) is 79.6 Å². The average Bonchev–Trinajstić information content (AvgIpc) is 3.40. The number of hydrogen-bond donors (Lipinski definition) is 0. The number of fused-ring (bicyclic) bond motifs is 2. The van der Waals surface area contributed by atoms with Gasteiger partial charge >= 0.3 is 0 Å². The van der Waals surface area contributed by atoms with Gasteiger partial charge in [0.2, 0.25) is 0 Å². The Labute approximate surface area is 186 Å². The van der Waals surface area contributed by atoms with Gasteiger partial charge in [-0.15, -0.1) is 11.3 Å². The first-order chi connectivity index (χ1) is 14.9. The molecule has 0 bridgehead atoms. The number of amides is 1. The Morgan fingerprint density at radius 2 is 1.77 bits per heavy atom. The molecule has 0 unspecified atom stereocenters. The lowest BCUT2D eigenvalue weighted by Crippen LogP contribution is -2.48. The maximum absolute atomic E-state index is 13.0. The van der Waals surface area contributed by atoms with Crippen molar-refractivity contribution in [3.63, 3.8) is 0 Å². The number of carbonyl (C=O) groups is 1. The number of nitro groups is 1. The third-order valence-corrected chi connectivity index (χ3v) is 8.02. The highest BCUT2D eigenvalue weighted by atomic mass is 32.1. The van der Waals surface area contributed by atoms with E-state index in [1.54, 1.807) is 23.5 Å². The van der Waals surface area contributed by atoms with Gasteiger partial charge in [-0.3, -0.25) is 14.9 Å². The molecule has 1 saturated heterocycles. The summed E-state index contributed by atoms with van der Waals surface area (Å²) in [6, 6.07) is 10.7. The Morgan fingerprint density at radius 1 is 1.03 bits per heavy atom. The SMILES string of the molecule is Cc1ccc2sc(N3CCN(C(=O)c4cc5cc([N+](=O)[O-])ccc5s4)CC3)nc2c1C. The summed E-state index contributed by atoms with van der Waals surface area (Å²) in [6.07, 6.45) is 0. The molecule has 0 N–H and O–H groups in total. The van der Waals surface area contributed by atoms with Crippen molar-refractivity contribution in [2.45, 2.75) is 13.8 Å². The molecule has 2 aromatic carbocycles. The zero-order chi connectivity index (χ0) is 21.7. The molecule has 158 valence electrons. The van der Waals surface area contributed by atoms with Crippen molar-refractivity contribution in [1.29, 1.82) is 0 Å². The number of nitrogens with zero attached hydrogens (tertiary/aromatic N) is 4. The minimum Gasteiger partial charge on any atom is -0.345 e. The van der Waals surface area contributed by atoms with Gasteiger partial charge in [0.1, 0.15) is 0 Å². The molecule has 9 heteroatoms. The van der Waals surface area contributed by atoms with Gasteiger partial charge in [0.25, 0.3) is 11.6 Å². The van der Waals surface area contributed by atoms with Gasteiger partial charge in [-0.1, -0.05) is 17.4 Å². The van der Waals surface area contributed by atoms with Crippen LogP contribution >= 0.6 is 22.7 Å². The fraction of sp³-hybridized carbons (Fsp3) is 0.273. The van der Waals surface area contributed by atoms with Gasteiger partial charge in [-0.05, 0) is 43.2 Å². The summed E-state index contributed by atoms with van der Waals surface area (Å²) in [5.74, 6) is -0.0146. The second-order valence-electron chi connectivity index (χ2n) is 7.72. The molecular weight excluding hydrogens is 432 g/mol. The van der Waals surface area contributed by atoms with E-state index >= 15 is 0 Å². The number of nitro benzene ring substituents is 1. The molecule has 4 aromatic rings. The Bertz CT molecular complexity index is 1340. The third kappa shape index (κ3) is 3.53. The number of carbonyl (C=O) groups excluding carboxylic acids is 1. The normalized spacial score (nSPS) is 14.5. The second kappa shape index (κ2) is 7.58. The van der Waals surface area contributed by atoms with Gasteiger partial charge in [-0.25, -0.2) is 4.98 Å². The van der Waals surface area contributed by atoms with E-state index in [9.17, 15) is 14.9 Å². The van der Waals surface area contributed by atoms with Crippen LogP contribution in [0, 0.1) is 24.0 Å². The summed E-state index contributed by atoms with van der Waals surface area (Å²) in [4.78, 5) is 33.2. The van der Waals surface area contributed by atoms with Crippen molar-refractivity contribution in [1.82, 2.24) is 9.88 Å². The molecule has 0 saturated carbocycles. The second-order valence-corrected chi connectivity index (χ2v) is 9.81. The summed E-state index contributed by atoms with van der Waals surface area (Å²) in [7, 11) is 0. The molecule has 1 aliphatic rings. The van der Waals surface area contributed by atoms with Crippen molar-refractivity contribution >= 4 is 59.7 Å². The van der Waals surface area contributed by atoms with Gasteiger partial charge in [0.15, 0.2) is 5.13 Å². The fourth-order valence-corrected chi connectivity index (χ4v) is 5.94. The van der Waals surface area contributed by atoms with Crippen LogP contribution in [0.2, 0.25) is 0 Å². The number of piperazine rings is 1. The number of benzene rings is 2. The van der Waals surface area contributed by atoms with Crippen molar-refractivity contribution in [3.05, 3.63) is 62.5 Å². The molecule has 1 aliphatic heterocycles. The number of aryl methyl sites for hydroxylation is 2. The highest BCUT2D eigenvalue weighted by Crippen LogP contribution is 2.33. The van der Waals surface area contributed by atoms with E-state index in [1.165, 1.54) is 39.3 Å². The first-order valence-corrected chi connectivity index (χ1v) is 11.6. The van der Waals surface area contributed by atoms with E-state index in [1.807, 2.05) is 4.90 Å². The number of aromatic nitrogens is 1. The van der Waals surface area contributed by atoms with Crippen LogP contribution in [0.1, 0.15) is 20.8 Å². The third-order valence-electron chi connectivity index (χ3n) is 5.83. The summed E-state index contributed by atoms with van der Waals surface area (Å²) in [5.41, 5.74) is 3.57. The van der Waals surface area contributed by atoms with Crippen LogP contribution in [-0.2, 0) is 0 Å². The number of rotatable bonds is 3. The average molecular weight is 453 g/mol. The largest absolute Gasteiger partial charge is 0.345 e. The lowest BCUT2D eigenvalue weighted by Gasteiger charge is -2.34. The lowest BCUT2D eigenvalue weighted by atomic mass is 10.1. The molecule has 0 aliphatic carbocycles. The van der Waals surface area contributed by atoms with E-state index in [2.05, 4.69) is 30.9 Å². The van der Waals surface area contributed by atoms with Crippen molar-refractivity contribution in [2.24, 2.45) is 0 Å². The smallest absolute Gasteiger partial charge is 0.270 e. The van der Waals surface area contributed by atoms with E-state index < -0.39 is 4.92 Å². The highest BCUT2D eigenvalue weighted by molar-refractivity contribution is 7.22. The molecule has 0 radical (unpaired) electrons. The molecular formula is C22H20N4O3S2. The standard InChI is InChI=1S/C22H20N4O3S2/c1-13-3-5-18-20(14(13)2)23-22(31-18)25-9-7-24(8-10-25)21(27)19-12-15-11-16(26(28)29)4-6-17(15)30-19/h3-6,11-12H,7-10H2,1-2H3. The number of hydrogen-bond acceptors (Lipinski definition) is 7. The number of non-ortho nitro benzene ring substituents is 1. The van der Waals surface area contributed by atoms with Crippen molar-refractivity contribution in [3.8, 4) is 0 Å². The van der Waals surface area contributed by atoms with Crippen LogP contribution in [0.4, 0.5) is 10.8 Å². The van der Waals surface area contributed by atoms with Crippen LogP contribution in [0.3, 0.4) is 0 Å². The van der Waals surface area contributed by atoms with E-state index in [-0.39, 0.29) is 11.6 Å². The predicted molar refractivity (Wildman–Crippen MR) is 126 cm³/mol. The number of anilines is 1. The quantitative estimate of drug-likeness (QED) is 0.323. The monoisotopic (exact) mass is 452 g/mol. The Hall–Kier alpha value is -3.04. The molecule has 31 heavy (non-hydrogen) atoms. The minimum atomic E-state index is -0.414. The van der Waals surface area contributed by atoms with Gasteiger partial charge < -0.3 is 9.80 Å². The maximum atomic E-state index is 13.0. The number of thiazole rings is 1. The predicted octanol–water partition coefficient (Wildman–Crippen LogP) is 5.00. The van der Waals surface area contributed by atoms with Crippen LogP contribution in [0.5, 0.6) is 0 Å². The van der Waals surface area contributed by atoms with Crippen LogP contribution in [0.15, 0.2) is 36.4 Å². The molecule has 0 spiro atoms. The van der Waals surface area contributed by atoms with Crippen LogP contribution in [0.25, 0.3) is 20.3 Å². The minimum absolute atomic E-state index is 0.0146. The van der Waals surface area contributed by atoms with E-state index in [0.29, 0.717) is 18.0 Å². The zero-order valence-electron chi connectivity index (χ0n) is 17.1. The molecule has 0 atom stereocenters. The van der Waals surface area contributed by atoms with E-state index in [4.69, 9.17) is 4.98 Å². The molecule has 1 amide bonds. The first-order valence-electron chi connectivity index (χ1n) is 9.99. The van der Waals surface area contributed by atoms with Crippen molar-refractivity contribution < 1.29 is 9.72 Å². The lowest BCUT2D eigenvalue weighted by molar-refractivity contribution is -0.384. The molecule has 1 fully saturated rings. The summed E-state index contributed by atoms with van der Waals surface area (Å²) >= 11 is 3.08. The summed E-state index contributed by atoms with van der Waals surface area (Å²) in [5, 5.41) is 12.7. The molecule has 7 nitrogen and oxygen atoms in total. The fourth-order valence-electron chi connectivity index (χ4n) is 3.86. The first kappa shape index (κ1) is 19.9. The molecule has 5 rings (SSSR count). The van der Waals surface area contributed by atoms with Gasteiger partial charge in [-0.2, -0.15) is 0 Å². The molecule has 3 heterocycles. The van der Waals surface area contributed by atoms with E-state index in [0.717, 1.165) is 33.8 Å².